The zero-order valence-corrected chi connectivity index (χ0v) is 27.0. The molecule has 0 aromatic carbocycles. The van der Waals surface area contributed by atoms with E-state index in [9.17, 15) is 14.6 Å². The third kappa shape index (κ3) is 6.32. The molecule has 3 aromatic heterocycles. The summed E-state index contributed by atoms with van der Waals surface area (Å²) in [4.78, 5) is 52.0. The molecule has 3 aromatic rings. The Labute approximate surface area is 271 Å². The summed E-state index contributed by atoms with van der Waals surface area (Å²) in [7, 11) is 1.26. The van der Waals surface area contributed by atoms with E-state index < -0.39 is 81.2 Å². The third-order valence-corrected chi connectivity index (χ3v) is 10.3. The fraction of sp³-hybridized carbons (Fsp3) is 0.550. The van der Waals surface area contributed by atoms with E-state index in [0.29, 0.717) is 0 Å². The molecule has 3 fully saturated rings. The summed E-state index contributed by atoms with van der Waals surface area (Å²) in [5.41, 5.74) is 18.5. The Bertz CT molecular complexity index is 1850. The van der Waals surface area contributed by atoms with E-state index in [4.69, 9.17) is 68.4 Å². The molecule has 0 spiro atoms. The average molecular weight is 748 g/mol. The molecule has 27 heteroatoms. The highest BCUT2D eigenvalue weighted by Crippen LogP contribution is 2.56. The van der Waals surface area contributed by atoms with Crippen molar-refractivity contribution >= 4 is 71.5 Å². The normalized spacial score (nSPS) is 35.9. The third-order valence-electron chi connectivity index (χ3n) is 7.24. The van der Waals surface area contributed by atoms with Crippen molar-refractivity contribution in [2.24, 2.45) is 0 Å². The fourth-order valence-electron chi connectivity index (χ4n) is 5.13. The molecule has 0 amide bonds. The SMILES string of the molecule is CNN(c1ncnc(N)c1N)[C@@H]1O[C@@H]2COP(O)(=S)O[C@@H]3[C@H](F)[C@@H](COP(O)(=S)O[C@H]2C1(F)F)O[C@H]3n1cnc2c(=O)[nH]c(N)nc21. The van der Waals surface area contributed by atoms with Crippen molar-refractivity contribution in [2.45, 2.75) is 49.0 Å². The van der Waals surface area contributed by atoms with Crippen LogP contribution in [-0.2, 0) is 51.2 Å². The van der Waals surface area contributed by atoms with Crippen LogP contribution in [0.15, 0.2) is 17.4 Å². The molecular weight excluding hydrogens is 721 g/mol. The molecule has 20 nitrogen and oxygen atoms in total. The number of nitrogens with zero attached hydrogens (tertiary/aromatic N) is 6. The van der Waals surface area contributed by atoms with Gasteiger partial charge in [-0.2, -0.15) is 13.8 Å². The Morgan fingerprint density at radius 3 is 2.49 bits per heavy atom. The van der Waals surface area contributed by atoms with Crippen LogP contribution in [0.25, 0.3) is 11.2 Å². The van der Waals surface area contributed by atoms with Crippen LogP contribution < -0.4 is 33.2 Å². The molecule has 0 radical (unpaired) electrons. The van der Waals surface area contributed by atoms with E-state index in [1.807, 2.05) is 0 Å². The Balaban J connectivity index is 1.33. The number of aromatic nitrogens is 6. The number of hydrogen-bond acceptors (Lipinski definition) is 18. The van der Waals surface area contributed by atoms with Gasteiger partial charge in [0.05, 0.1) is 19.5 Å². The van der Waals surface area contributed by atoms with Crippen molar-refractivity contribution in [1.29, 1.82) is 0 Å². The number of anilines is 4. The largest absolute Gasteiger partial charge is 0.393 e. The van der Waals surface area contributed by atoms with Crippen LogP contribution in [0, 0.1) is 0 Å². The summed E-state index contributed by atoms with van der Waals surface area (Å²) in [6, 6.07) is 0. The number of aromatic amines is 1. The Morgan fingerprint density at radius 2 is 1.79 bits per heavy atom. The van der Waals surface area contributed by atoms with E-state index in [-0.39, 0.29) is 34.4 Å². The van der Waals surface area contributed by atoms with Gasteiger partial charge in [-0.3, -0.25) is 28.4 Å². The second-order valence-corrected chi connectivity index (χ2v) is 15.8. The van der Waals surface area contributed by atoms with E-state index in [1.165, 1.54) is 7.05 Å². The molecule has 2 unspecified atom stereocenters. The summed E-state index contributed by atoms with van der Waals surface area (Å²) in [6.45, 7) is -10.9. The lowest BCUT2D eigenvalue weighted by Crippen LogP contribution is -2.55. The van der Waals surface area contributed by atoms with E-state index in [0.717, 1.165) is 22.2 Å². The summed E-state index contributed by atoms with van der Waals surface area (Å²) in [6.07, 6.45) is -11.5. The van der Waals surface area contributed by atoms with Gasteiger partial charge in [0.15, 0.2) is 41.3 Å². The number of ether oxygens (including phenoxy) is 2. The minimum atomic E-state index is -4.63. The number of fused-ring (bicyclic) bond motifs is 4. The summed E-state index contributed by atoms with van der Waals surface area (Å²) in [5.74, 6) is -4.85. The molecule has 3 aliphatic rings. The number of nitrogens with one attached hydrogen (secondary N) is 2. The molecule has 0 saturated carbocycles. The average Bonchev–Trinajstić information content (AvgIpc) is 3.61. The molecule has 47 heavy (non-hydrogen) atoms. The van der Waals surface area contributed by atoms with Gasteiger partial charge in [-0.05, 0) is 23.6 Å². The topological polar surface area (TPSA) is 279 Å². The van der Waals surface area contributed by atoms with Gasteiger partial charge >= 0.3 is 19.4 Å². The molecule has 2 bridgehead atoms. The first-order chi connectivity index (χ1) is 22.0. The van der Waals surface area contributed by atoms with Gasteiger partial charge in [-0.25, -0.2) is 24.8 Å². The monoisotopic (exact) mass is 747 g/mol. The van der Waals surface area contributed by atoms with Gasteiger partial charge in [-0.15, -0.1) is 0 Å². The van der Waals surface area contributed by atoms with E-state index in [2.05, 4.69) is 30.3 Å². The maximum absolute atomic E-state index is 16.1. The minimum absolute atomic E-state index is 0.141. The molecule has 6 rings (SSSR count). The van der Waals surface area contributed by atoms with Crippen LogP contribution in [0.3, 0.4) is 0 Å². The maximum atomic E-state index is 16.1. The van der Waals surface area contributed by atoms with Crippen molar-refractivity contribution in [1.82, 2.24) is 34.9 Å². The van der Waals surface area contributed by atoms with Gasteiger partial charge in [0.25, 0.3) is 5.56 Å². The first-order valence-electron chi connectivity index (χ1n) is 13.2. The number of nitrogen functional groups attached to an aromatic ring is 3. The number of imidazole rings is 1. The second kappa shape index (κ2) is 12.4. The standard InChI is InChI=1S/C20H26F3N11O9P2S2/c1-27-34(14-9(24)13(25)28-4-29-14)18-20(22,23)12-7(41-18)3-39-44(36,46)42-11-8(21)6(2-38-45(37,47)43-12)40-17(11)33-5-30-10-15(33)31-19(26)32-16(10)35/h4-8,11-12,17-18,27H,2-3,24H2,1H3,(H,36,46)(H,37,47)(H2,25,28,29)(H3,26,31,32,35)/t6-,7-,8-,11-,12-,17-,18-,44?,45?/m1/s1. The van der Waals surface area contributed by atoms with E-state index in [1.54, 1.807) is 0 Å². The molecule has 0 aliphatic carbocycles. The number of hydrogen-bond donors (Lipinski definition) is 7. The van der Waals surface area contributed by atoms with Crippen LogP contribution in [0.4, 0.5) is 36.4 Å². The molecule has 6 heterocycles. The first kappa shape index (κ1) is 34.2. The van der Waals surface area contributed by atoms with Crippen molar-refractivity contribution in [3.8, 4) is 0 Å². The Hall–Kier alpha value is -2.64. The molecule has 3 aliphatic heterocycles. The van der Waals surface area contributed by atoms with Gasteiger partial charge in [-0.1, -0.05) is 0 Å². The van der Waals surface area contributed by atoms with Crippen molar-refractivity contribution in [2.75, 3.05) is 42.5 Å². The fourth-order valence-corrected chi connectivity index (χ4v) is 7.95. The molecule has 3 saturated heterocycles. The van der Waals surface area contributed by atoms with Crippen LogP contribution in [0.1, 0.15) is 6.23 Å². The lowest BCUT2D eigenvalue weighted by Gasteiger charge is -2.33. The quantitative estimate of drug-likeness (QED) is 0.126. The highest BCUT2D eigenvalue weighted by Gasteiger charge is 2.64. The highest BCUT2D eigenvalue weighted by atomic mass is 32.5. The lowest BCUT2D eigenvalue weighted by molar-refractivity contribution is -0.111. The Morgan fingerprint density at radius 1 is 1.11 bits per heavy atom. The van der Waals surface area contributed by atoms with Crippen LogP contribution in [0.5, 0.6) is 0 Å². The summed E-state index contributed by atoms with van der Waals surface area (Å²) < 4.78 is 81.9. The van der Waals surface area contributed by atoms with Gasteiger partial charge < -0.3 is 45.5 Å². The predicted octanol–water partition coefficient (Wildman–Crippen LogP) is -0.856. The lowest BCUT2D eigenvalue weighted by atomic mass is 10.1. The van der Waals surface area contributed by atoms with E-state index >= 15 is 13.2 Å². The van der Waals surface area contributed by atoms with Crippen molar-refractivity contribution in [3.05, 3.63) is 23.0 Å². The summed E-state index contributed by atoms with van der Waals surface area (Å²) in [5, 5.41) is 0.730. The van der Waals surface area contributed by atoms with Gasteiger partial charge in [0, 0.05) is 7.05 Å². The van der Waals surface area contributed by atoms with Crippen molar-refractivity contribution < 1.29 is 50.5 Å². The van der Waals surface area contributed by atoms with Crippen LogP contribution >= 0.6 is 13.4 Å². The predicted molar refractivity (Wildman–Crippen MR) is 162 cm³/mol. The molecule has 10 N–H and O–H groups in total. The van der Waals surface area contributed by atoms with Crippen molar-refractivity contribution in [3.63, 3.8) is 0 Å². The zero-order chi connectivity index (χ0) is 34.1. The number of rotatable bonds is 4. The highest BCUT2D eigenvalue weighted by molar-refractivity contribution is 8.07. The number of hydrazine groups is 1. The molecule has 258 valence electrons. The number of nitrogens with two attached hydrogens (primary N) is 3. The minimum Gasteiger partial charge on any atom is -0.393 e. The smallest absolute Gasteiger partial charge is 0.325 e. The van der Waals surface area contributed by atoms with Crippen LogP contribution in [0.2, 0.25) is 0 Å². The number of halogens is 3. The number of alkyl halides is 3. The number of H-pyrrole nitrogens is 1. The van der Waals surface area contributed by atoms with Gasteiger partial charge in [0.2, 0.25) is 12.2 Å². The summed E-state index contributed by atoms with van der Waals surface area (Å²) >= 11 is 10.1. The molecule has 9 atom stereocenters. The second-order valence-electron chi connectivity index (χ2n) is 10.2. The van der Waals surface area contributed by atoms with Gasteiger partial charge in [0.1, 0.15) is 30.3 Å². The molecular formula is C20H26F3N11O9P2S2. The maximum Gasteiger partial charge on any atom is 0.325 e. The first-order valence-corrected chi connectivity index (χ1v) is 18.4. The van der Waals surface area contributed by atoms with Crippen LogP contribution in [-0.4, -0.2) is 102 Å². The Kier molecular flexibility index (Phi) is 9.00. The zero-order valence-electron chi connectivity index (χ0n) is 23.6.